The van der Waals surface area contributed by atoms with Crippen molar-refractivity contribution in [1.82, 2.24) is 4.98 Å². The Morgan fingerprint density at radius 2 is 1.91 bits per heavy atom. The van der Waals surface area contributed by atoms with E-state index in [1.807, 2.05) is 18.2 Å². The van der Waals surface area contributed by atoms with E-state index < -0.39 is 10.1 Å². The van der Waals surface area contributed by atoms with Crippen LogP contribution in [0.2, 0.25) is 0 Å². The molecule has 0 amide bonds. The number of aryl methyl sites for hydroxylation is 1. The van der Waals surface area contributed by atoms with E-state index >= 15 is 0 Å². The number of nitrogens with zero attached hydrogens (tertiary/aromatic N) is 2. The predicted octanol–water partition coefficient (Wildman–Crippen LogP) is 3.18. The van der Waals surface area contributed by atoms with E-state index in [0.717, 1.165) is 5.39 Å². The van der Waals surface area contributed by atoms with Gasteiger partial charge in [-0.3, -0.25) is 4.98 Å². The maximum Gasteiger partial charge on any atom is 0.339 e. The molecule has 1 aromatic heterocycles. The highest BCUT2D eigenvalue weighted by atomic mass is 32.2. The summed E-state index contributed by atoms with van der Waals surface area (Å²) in [5.74, 6) is 0.157. The van der Waals surface area contributed by atoms with Crippen LogP contribution >= 0.6 is 0 Å². The van der Waals surface area contributed by atoms with Gasteiger partial charge in [-0.25, -0.2) is 0 Å². The molecule has 23 heavy (non-hydrogen) atoms. The Kier molecular flexibility index (Phi) is 3.72. The average molecular weight is 324 g/mol. The van der Waals surface area contributed by atoms with Gasteiger partial charge in [-0.15, -0.1) is 0 Å². The first-order valence-electron chi connectivity index (χ1n) is 6.80. The van der Waals surface area contributed by atoms with Crippen LogP contribution in [0.4, 0.5) is 0 Å². The van der Waals surface area contributed by atoms with Gasteiger partial charge in [0.2, 0.25) is 0 Å². The van der Waals surface area contributed by atoms with Crippen molar-refractivity contribution in [2.45, 2.75) is 11.8 Å². The molecule has 2 aromatic carbocycles. The highest BCUT2D eigenvalue weighted by Crippen LogP contribution is 2.27. The van der Waals surface area contributed by atoms with Crippen LogP contribution in [0.3, 0.4) is 0 Å². The largest absolute Gasteiger partial charge is 0.377 e. The van der Waals surface area contributed by atoms with Gasteiger partial charge in [0.1, 0.15) is 10.4 Å². The summed E-state index contributed by atoms with van der Waals surface area (Å²) in [5.41, 5.74) is 1.23. The molecule has 0 radical (unpaired) electrons. The van der Waals surface area contributed by atoms with E-state index in [9.17, 15) is 8.42 Å². The van der Waals surface area contributed by atoms with Gasteiger partial charge in [-0.1, -0.05) is 24.3 Å². The number of pyridine rings is 1. The number of fused-ring (bicyclic) bond motifs is 1. The molecule has 5 nitrogen and oxygen atoms in total. The lowest BCUT2D eigenvalue weighted by molar-refractivity contribution is 0.487. The fraction of sp³-hybridized carbons (Fsp3) is 0.0588. The van der Waals surface area contributed by atoms with Crippen molar-refractivity contribution >= 4 is 21.0 Å². The van der Waals surface area contributed by atoms with Crippen LogP contribution in [0.5, 0.6) is 5.75 Å². The van der Waals surface area contributed by atoms with Crippen LogP contribution < -0.4 is 4.18 Å². The number of hydrogen-bond acceptors (Lipinski definition) is 5. The van der Waals surface area contributed by atoms with Crippen LogP contribution in [0.15, 0.2) is 59.6 Å². The lowest BCUT2D eigenvalue weighted by Crippen LogP contribution is -2.12. The van der Waals surface area contributed by atoms with Crippen LogP contribution in [0.1, 0.15) is 11.1 Å². The molecule has 0 unspecified atom stereocenters. The second-order valence-corrected chi connectivity index (χ2v) is 6.48. The smallest absolute Gasteiger partial charge is 0.339 e. The highest BCUT2D eigenvalue weighted by Gasteiger charge is 2.21. The van der Waals surface area contributed by atoms with E-state index in [0.29, 0.717) is 11.1 Å². The molecular formula is C17H12N2O3S. The van der Waals surface area contributed by atoms with Crippen molar-refractivity contribution in [1.29, 1.82) is 5.26 Å². The zero-order valence-electron chi connectivity index (χ0n) is 12.2. The molecule has 0 bridgehead atoms. The summed E-state index contributed by atoms with van der Waals surface area (Å²) in [6, 6.07) is 15.0. The number of rotatable bonds is 3. The van der Waals surface area contributed by atoms with E-state index in [-0.39, 0.29) is 16.2 Å². The minimum absolute atomic E-state index is 0.0236. The number of aromatic nitrogens is 1. The summed E-state index contributed by atoms with van der Waals surface area (Å²) in [6.07, 6.45) is 1.57. The Labute approximate surface area is 133 Å². The Morgan fingerprint density at radius 1 is 1.13 bits per heavy atom. The SMILES string of the molecule is Cc1ccc(C#N)cc1S(=O)(=O)Oc1cccc2cccnc12. The zero-order valence-corrected chi connectivity index (χ0v) is 13.0. The van der Waals surface area contributed by atoms with Gasteiger partial charge in [0.15, 0.2) is 5.75 Å². The molecule has 1 heterocycles. The van der Waals surface area contributed by atoms with Crippen molar-refractivity contribution in [2.24, 2.45) is 0 Å². The second-order valence-electron chi connectivity index (χ2n) is 4.96. The van der Waals surface area contributed by atoms with Gasteiger partial charge >= 0.3 is 10.1 Å². The minimum Gasteiger partial charge on any atom is -0.377 e. The van der Waals surface area contributed by atoms with E-state index in [1.54, 1.807) is 43.5 Å². The van der Waals surface area contributed by atoms with Gasteiger partial charge in [0, 0.05) is 11.6 Å². The van der Waals surface area contributed by atoms with Crippen molar-refractivity contribution in [3.63, 3.8) is 0 Å². The highest BCUT2D eigenvalue weighted by molar-refractivity contribution is 7.87. The van der Waals surface area contributed by atoms with E-state index in [2.05, 4.69) is 4.98 Å². The van der Waals surface area contributed by atoms with Gasteiger partial charge < -0.3 is 4.18 Å². The summed E-state index contributed by atoms with van der Waals surface area (Å²) in [5, 5.41) is 9.73. The lowest BCUT2D eigenvalue weighted by Gasteiger charge is -2.11. The molecule has 0 saturated carbocycles. The Hall–Kier alpha value is -2.91. The quantitative estimate of drug-likeness (QED) is 0.691. The van der Waals surface area contributed by atoms with Gasteiger partial charge in [0.05, 0.1) is 11.6 Å². The monoisotopic (exact) mass is 324 g/mol. The Morgan fingerprint density at radius 3 is 2.70 bits per heavy atom. The number of hydrogen-bond donors (Lipinski definition) is 0. The first-order valence-corrected chi connectivity index (χ1v) is 8.21. The van der Waals surface area contributed by atoms with Gasteiger partial charge in [0.25, 0.3) is 0 Å². The molecule has 0 aliphatic rings. The molecule has 0 N–H and O–H groups in total. The fourth-order valence-corrected chi connectivity index (χ4v) is 3.44. The normalized spacial score (nSPS) is 11.1. The first kappa shape index (κ1) is 15.0. The number of benzene rings is 2. The first-order chi connectivity index (χ1) is 11.0. The van der Waals surface area contributed by atoms with Crippen LogP contribution in [-0.2, 0) is 10.1 Å². The van der Waals surface area contributed by atoms with E-state index in [1.165, 1.54) is 6.07 Å². The fourth-order valence-electron chi connectivity index (χ4n) is 2.25. The molecule has 3 rings (SSSR count). The van der Waals surface area contributed by atoms with Gasteiger partial charge in [-0.05, 0) is 36.8 Å². The summed E-state index contributed by atoms with van der Waals surface area (Å²) >= 11 is 0. The predicted molar refractivity (Wildman–Crippen MR) is 85.5 cm³/mol. The second kappa shape index (κ2) is 5.71. The van der Waals surface area contributed by atoms with Crippen molar-refractivity contribution in [2.75, 3.05) is 0 Å². The molecule has 3 aromatic rings. The molecule has 0 fully saturated rings. The summed E-state index contributed by atoms with van der Waals surface area (Å²) in [6.45, 7) is 1.65. The third kappa shape index (κ3) is 2.87. The van der Waals surface area contributed by atoms with E-state index in [4.69, 9.17) is 9.44 Å². The van der Waals surface area contributed by atoms with Crippen molar-refractivity contribution in [3.05, 3.63) is 65.9 Å². The summed E-state index contributed by atoms with van der Waals surface area (Å²) in [4.78, 5) is 4.15. The number of para-hydroxylation sites is 1. The Balaban J connectivity index is 2.10. The maximum absolute atomic E-state index is 12.6. The summed E-state index contributed by atoms with van der Waals surface area (Å²) in [7, 11) is -4.06. The van der Waals surface area contributed by atoms with Crippen LogP contribution in [-0.4, -0.2) is 13.4 Å². The molecule has 0 aliphatic heterocycles. The minimum atomic E-state index is -4.06. The lowest BCUT2D eigenvalue weighted by atomic mass is 10.2. The molecule has 0 spiro atoms. The van der Waals surface area contributed by atoms with Crippen LogP contribution in [0, 0.1) is 18.3 Å². The van der Waals surface area contributed by atoms with Crippen molar-refractivity contribution in [3.8, 4) is 11.8 Å². The molecule has 0 atom stereocenters. The summed E-state index contributed by atoms with van der Waals surface area (Å²) < 4.78 is 30.4. The van der Waals surface area contributed by atoms with Crippen molar-refractivity contribution < 1.29 is 12.6 Å². The van der Waals surface area contributed by atoms with Crippen LogP contribution in [0.25, 0.3) is 10.9 Å². The zero-order chi connectivity index (χ0) is 16.4. The molecule has 0 aliphatic carbocycles. The Bertz CT molecular complexity index is 1030. The molecule has 6 heteroatoms. The molecule has 0 saturated heterocycles. The molecule has 114 valence electrons. The standard InChI is InChI=1S/C17H12N2O3S/c1-12-7-8-13(11-18)10-16(12)23(20,21)22-15-6-2-4-14-5-3-9-19-17(14)15/h2-10H,1H3. The average Bonchev–Trinajstić information content (AvgIpc) is 2.55. The van der Waals surface area contributed by atoms with Gasteiger partial charge in [-0.2, -0.15) is 13.7 Å². The third-order valence-corrected chi connectivity index (χ3v) is 4.76. The topological polar surface area (TPSA) is 80.0 Å². The number of nitriles is 1. The molecular weight excluding hydrogens is 312 g/mol. The maximum atomic E-state index is 12.6. The third-order valence-electron chi connectivity index (χ3n) is 3.38.